The second-order valence-corrected chi connectivity index (χ2v) is 3.93. The number of allylic oxidation sites excluding steroid dienone is 2. The number of carbonyl (C=O) groups is 1. The van der Waals surface area contributed by atoms with Crippen molar-refractivity contribution in [1.82, 2.24) is 15.0 Å². The molecule has 0 unspecified atom stereocenters. The van der Waals surface area contributed by atoms with E-state index >= 15 is 0 Å². The fraction of sp³-hybridized carbons (Fsp3) is 0.250. The van der Waals surface area contributed by atoms with Crippen molar-refractivity contribution in [2.45, 2.75) is 19.3 Å². The SMILES string of the molecule is O=C1C=C(n2nc3ccccc3n2)CCC1. The van der Waals surface area contributed by atoms with E-state index in [1.54, 1.807) is 10.9 Å². The highest BCUT2D eigenvalue weighted by Gasteiger charge is 2.13. The lowest BCUT2D eigenvalue weighted by molar-refractivity contribution is -0.114. The van der Waals surface area contributed by atoms with E-state index in [1.165, 1.54) is 0 Å². The van der Waals surface area contributed by atoms with Crippen LogP contribution in [0, 0.1) is 0 Å². The molecule has 0 saturated carbocycles. The molecule has 0 N–H and O–H groups in total. The molecule has 2 aromatic rings. The van der Waals surface area contributed by atoms with E-state index in [-0.39, 0.29) is 5.78 Å². The van der Waals surface area contributed by atoms with Crippen molar-refractivity contribution in [3.63, 3.8) is 0 Å². The minimum Gasteiger partial charge on any atom is -0.295 e. The highest BCUT2D eigenvalue weighted by Crippen LogP contribution is 2.19. The first-order valence-corrected chi connectivity index (χ1v) is 5.39. The second kappa shape index (κ2) is 3.56. The zero-order valence-electron chi connectivity index (χ0n) is 8.76. The molecule has 1 aliphatic carbocycles. The third-order valence-corrected chi connectivity index (χ3v) is 2.73. The van der Waals surface area contributed by atoms with Gasteiger partial charge in [-0.1, -0.05) is 12.1 Å². The summed E-state index contributed by atoms with van der Waals surface area (Å²) in [6.45, 7) is 0. The van der Waals surface area contributed by atoms with Crippen molar-refractivity contribution in [3.05, 3.63) is 30.3 Å². The van der Waals surface area contributed by atoms with Crippen LogP contribution in [0.3, 0.4) is 0 Å². The lowest BCUT2D eigenvalue weighted by Gasteiger charge is -2.09. The van der Waals surface area contributed by atoms with E-state index in [2.05, 4.69) is 10.2 Å². The number of fused-ring (bicyclic) bond motifs is 1. The van der Waals surface area contributed by atoms with Crippen LogP contribution in [0.5, 0.6) is 0 Å². The summed E-state index contributed by atoms with van der Waals surface area (Å²) in [6.07, 6.45) is 4.06. The Hall–Kier alpha value is -1.97. The summed E-state index contributed by atoms with van der Waals surface area (Å²) in [5, 5.41) is 8.71. The van der Waals surface area contributed by atoms with Gasteiger partial charge in [-0.15, -0.1) is 10.2 Å². The summed E-state index contributed by atoms with van der Waals surface area (Å²) in [6, 6.07) is 7.71. The van der Waals surface area contributed by atoms with Gasteiger partial charge < -0.3 is 0 Å². The summed E-state index contributed by atoms with van der Waals surface area (Å²) in [5.41, 5.74) is 2.62. The number of rotatable bonds is 1. The minimum absolute atomic E-state index is 0.169. The molecule has 0 spiro atoms. The number of ketones is 1. The summed E-state index contributed by atoms with van der Waals surface area (Å²) in [7, 11) is 0. The maximum atomic E-state index is 11.3. The van der Waals surface area contributed by atoms with Crippen LogP contribution in [0.2, 0.25) is 0 Å². The monoisotopic (exact) mass is 213 g/mol. The quantitative estimate of drug-likeness (QED) is 0.728. The molecule has 0 aliphatic heterocycles. The number of benzene rings is 1. The van der Waals surface area contributed by atoms with Gasteiger partial charge >= 0.3 is 0 Å². The molecule has 3 rings (SSSR count). The van der Waals surface area contributed by atoms with Gasteiger partial charge in [0.2, 0.25) is 0 Å². The third kappa shape index (κ3) is 1.52. The van der Waals surface area contributed by atoms with E-state index in [1.807, 2.05) is 24.3 Å². The van der Waals surface area contributed by atoms with E-state index in [0.717, 1.165) is 29.6 Å². The molecular weight excluding hydrogens is 202 g/mol. The number of hydrogen-bond donors (Lipinski definition) is 0. The van der Waals surface area contributed by atoms with Gasteiger partial charge in [0.15, 0.2) is 5.78 Å². The van der Waals surface area contributed by atoms with E-state index < -0.39 is 0 Å². The molecule has 16 heavy (non-hydrogen) atoms. The predicted molar refractivity (Wildman–Crippen MR) is 60.7 cm³/mol. The van der Waals surface area contributed by atoms with Crippen molar-refractivity contribution in [2.75, 3.05) is 0 Å². The van der Waals surface area contributed by atoms with Crippen molar-refractivity contribution in [1.29, 1.82) is 0 Å². The summed E-state index contributed by atoms with van der Waals surface area (Å²) in [5.74, 6) is 0.169. The first-order chi connectivity index (χ1) is 7.83. The molecular formula is C12H11N3O. The zero-order chi connectivity index (χ0) is 11.0. The standard InChI is InChI=1S/C12H11N3O/c16-10-5-3-4-9(8-10)15-13-11-6-1-2-7-12(11)14-15/h1-2,6-8H,3-5H2. The number of carbonyl (C=O) groups excluding carboxylic acids is 1. The average Bonchev–Trinajstić information content (AvgIpc) is 2.72. The van der Waals surface area contributed by atoms with Crippen LogP contribution in [0.25, 0.3) is 16.7 Å². The van der Waals surface area contributed by atoms with Gasteiger partial charge in [-0.3, -0.25) is 4.79 Å². The highest BCUT2D eigenvalue weighted by molar-refractivity contribution is 5.95. The fourth-order valence-corrected chi connectivity index (χ4v) is 1.92. The topological polar surface area (TPSA) is 47.8 Å². The van der Waals surface area contributed by atoms with Crippen LogP contribution in [0.1, 0.15) is 19.3 Å². The minimum atomic E-state index is 0.169. The number of nitrogens with zero attached hydrogens (tertiary/aromatic N) is 3. The van der Waals surface area contributed by atoms with Crippen molar-refractivity contribution < 1.29 is 4.79 Å². The Morgan fingerprint density at radius 1 is 1.06 bits per heavy atom. The Morgan fingerprint density at radius 3 is 2.38 bits per heavy atom. The maximum absolute atomic E-state index is 11.3. The van der Waals surface area contributed by atoms with Gasteiger partial charge in [-0.05, 0) is 25.0 Å². The number of aromatic nitrogens is 3. The molecule has 0 fully saturated rings. The third-order valence-electron chi connectivity index (χ3n) is 2.73. The van der Waals surface area contributed by atoms with Gasteiger partial charge in [0.1, 0.15) is 11.0 Å². The Bertz CT molecular complexity index is 550. The van der Waals surface area contributed by atoms with Gasteiger partial charge in [0, 0.05) is 12.5 Å². The normalized spacial score (nSPS) is 16.5. The lowest BCUT2D eigenvalue weighted by atomic mass is 10.0. The summed E-state index contributed by atoms with van der Waals surface area (Å²) >= 11 is 0. The van der Waals surface area contributed by atoms with Crippen LogP contribution >= 0.6 is 0 Å². The molecule has 80 valence electrons. The molecule has 0 saturated heterocycles. The van der Waals surface area contributed by atoms with Crippen LogP contribution in [0.4, 0.5) is 0 Å². The summed E-state index contributed by atoms with van der Waals surface area (Å²) in [4.78, 5) is 12.9. The van der Waals surface area contributed by atoms with Crippen molar-refractivity contribution in [3.8, 4) is 0 Å². The Kier molecular flexibility index (Phi) is 2.06. The molecule has 0 radical (unpaired) electrons. The smallest absolute Gasteiger partial charge is 0.157 e. The van der Waals surface area contributed by atoms with Crippen LogP contribution < -0.4 is 0 Å². The van der Waals surface area contributed by atoms with Crippen LogP contribution in [0.15, 0.2) is 30.3 Å². The molecule has 1 aromatic heterocycles. The molecule has 1 aliphatic rings. The molecule has 4 nitrogen and oxygen atoms in total. The zero-order valence-corrected chi connectivity index (χ0v) is 8.76. The van der Waals surface area contributed by atoms with E-state index in [4.69, 9.17) is 0 Å². The first kappa shape index (κ1) is 9.27. The lowest BCUT2D eigenvalue weighted by Crippen LogP contribution is -2.09. The van der Waals surface area contributed by atoms with Crippen LogP contribution in [-0.2, 0) is 4.79 Å². The van der Waals surface area contributed by atoms with Gasteiger partial charge in [0.05, 0.1) is 5.70 Å². The second-order valence-electron chi connectivity index (χ2n) is 3.93. The molecule has 4 heteroatoms. The molecule has 0 amide bonds. The molecule has 1 heterocycles. The molecule has 1 aromatic carbocycles. The molecule has 0 atom stereocenters. The van der Waals surface area contributed by atoms with Crippen molar-refractivity contribution >= 4 is 22.5 Å². The van der Waals surface area contributed by atoms with Gasteiger partial charge in [0.25, 0.3) is 0 Å². The summed E-state index contributed by atoms with van der Waals surface area (Å²) < 4.78 is 0. The number of hydrogen-bond acceptors (Lipinski definition) is 3. The van der Waals surface area contributed by atoms with Gasteiger partial charge in [-0.2, -0.15) is 4.80 Å². The molecule has 0 bridgehead atoms. The Morgan fingerprint density at radius 2 is 1.75 bits per heavy atom. The first-order valence-electron chi connectivity index (χ1n) is 5.39. The highest BCUT2D eigenvalue weighted by atomic mass is 16.1. The largest absolute Gasteiger partial charge is 0.295 e. The predicted octanol–water partition coefficient (Wildman–Crippen LogP) is 2.03. The van der Waals surface area contributed by atoms with E-state index in [9.17, 15) is 4.79 Å². The van der Waals surface area contributed by atoms with E-state index in [0.29, 0.717) is 6.42 Å². The van der Waals surface area contributed by atoms with Crippen LogP contribution in [-0.4, -0.2) is 20.8 Å². The van der Waals surface area contributed by atoms with Crippen molar-refractivity contribution in [2.24, 2.45) is 0 Å². The van der Waals surface area contributed by atoms with Gasteiger partial charge in [-0.25, -0.2) is 0 Å². The Labute approximate surface area is 92.6 Å². The fourth-order valence-electron chi connectivity index (χ4n) is 1.92. The average molecular weight is 213 g/mol. The Balaban J connectivity index is 2.09. The maximum Gasteiger partial charge on any atom is 0.157 e.